The monoisotopic (exact) mass is 294 g/mol. The van der Waals surface area contributed by atoms with E-state index in [0.717, 1.165) is 19.3 Å². The first-order chi connectivity index (χ1) is 9.76. The van der Waals surface area contributed by atoms with Gasteiger partial charge in [0.1, 0.15) is 11.6 Å². The lowest BCUT2D eigenvalue weighted by Gasteiger charge is -2.50. The van der Waals surface area contributed by atoms with Gasteiger partial charge in [-0.2, -0.15) is 0 Å². The molecule has 120 valence electrons. The van der Waals surface area contributed by atoms with E-state index in [2.05, 4.69) is 19.2 Å². The van der Waals surface area contributed by atoms with Crippen molar-refractivity contribution in [3.63, 3.8) is 0 Å². The molecule has 1 saturated heterocycles. The Bertz CT molecular complexity index is 427. The van der Waals surface area contributed by atoms with E-state index in [9.17, 15) is 9.59 Å². The summed E-state index contributed by atoms with van der Waals surface area (Å²) in [5, 5.41) is 2.99. The van der Waals surface area contributed by atoms with E-state index < -0.39 is 5.54 Å². The van der Waals surface area contributed by atoms with E-state index in [1.807, 2.05) is 25.7 Å². The maximum Gasteiger partial charge on any atom is 0.249 e. The Hall–Kier alpha value is -1.06. The fraction of sp³-hybridized carbons (Fsp3) is 0.882. The molecule has 2 rings (SSSR count). The third-order valence-electron chi connectivity index (χ3n) is 5.58. The van der Waals surface area contributed by atoms with Crippen molar-refractivity contribution in [2.75, 3.05) is 0 Å². The van der Waals surface area contributed by atoms with E-state index in [1.165, 1.54) is 6.42 Å². The van der Waals surface area contributed by atoms with Crippen molar-refractivity contribution in [1.82, 2.24) is 10.2 Å². The lowest BCUT2D eigenvalue weighted by atomic mass is 9.73. The van der Waals surface area contributed by atoms with Crippen LogP contribution in [0.25, 0.3) is 0 Å². The lowest BCUT2D eigenvalue weighted by molar-refractivity contribution is -0.159. The fourth-order valence-corrected chi connectivity index (χ4v) is 4.05. The van der Waals surface area contributed by atoms with Crippen LogP contribution < -0.4 is 5.32 Å². The number of hydrogen-bond donors (Lipinski definition) is 1. The van der Waals surface area contributed by atoms with Gasteiger partial charge in [-0.3, -0.25) is 9.59 Å². The largest absolute Gasteiger partial charge is 0.340 e. The minimum atomic E-state index is -0.689. The summed E-state index contributed by atoms with van der Waals surface area (Å²) >= 11 is 0. The van der Waals surface area contributed by atoms with Crippen molar-refractivity contribution in [2.45, 2.75) is 90.8 Å². The van der Waals surface area contributed by atoms with Crippen LogP contribution in [0.4, 0.5) is 0 Å². The highest BCUT2D eigenvalue weighted by Gasteiger charge is 2.50. The first kappa shape index (κ1) is 16.3. The van der Waals surface area contributed by atoms with Crippen LogP contribution in [0, 0.1) is 5.41 Å². The van der Waals surface area contributed by atoms with Gasteiger partial charge in [0.05, 0.1) is 0 Å². The van der Waals surface area contributed by atoms with Gasteiger partial charge < -0.3 is 10.2 Å². The second kappa shape index (κ2) is 5.62. The number of amides is 2. The normalized spacial score (nSPS) is 32.0. The molecule has 1 heterocycles. The van der Waals surface area contributed by atoms with Crippen LogP contribution in [0.15, 0.2) is 0 Å². The summed E-state index contributed by atoms with van der Waals surface area (Å²) in [5.74, 6) is 0.129. The summed E-state index contributed by atoms with van der Waals surface area (Å²) in [6.07, 6.45) is 5.69. The molecule has 0 aromatic heterocycles. The second-order valence-electron chi connectivity index (χ2n) is 7.58. The zero-order valence-corrected chi connectivity index (χ0v) is 14.2. The van der Waals surface area contributed by atoms with Crippen LogP contribution in [0.3, 0.4) is 0 Å². The van der Waals surface area contributed by atoms with Gasteiger partial charge in [0, 0.05) is 6.04 Å². The van der Waals surface area contributed by atoms with Crippen LogP contribution in [-0.2, 0) is 9.59 Å². The summed E-state index contributed by atoms with van der Waals surface area (Å²) in [4.78, 5) is 27.4. The molecule has 0 radical (unpaired) electrons. The van der Waals surface area contributed by atoms with Gasteiger partial charge >= 0.3 is 0 Å². The van der Waals surface area contributed by atoms with Gasteiger partial charge in [0.15, 0.2) is 0 Å². The Labute approximate surface area is 128 Å². The average molecular weight is 294 g/mol. The molecule has 2 amide bonds. The highest BCUT2D eigenvalue weighted by atomic mass is 16.2. The molecule has 1 aliphatic heterocycles. The number of carbonyl (C=O) groups is 2. The minimum absolute atomic E-state index is 0.00156. The number of rotatable bonds is 3. The number of hydrogen-bond acceptors (Lipinski definition) is 2. The zero-order valence-electron chi connectivity index (χ0n) is 14.2. The Morgan fingerprint density at radius 1 is 1.24 bits per heavy atom. The van der Waals surface area contributed by atoms with Gasteiger partial charge in [-0.25, -0.2) is 0 Å². The highest BCUT2D eigenvalue weighted by Crippen LogP contribution is 2.39. The number of nitrogens with zero attached hydrogens (tertiary/aromatic N) is 1. The van der Waals surface area contributed by atoms with Gasteiger partial charge in [-0.15, -0.1) is 0 Å². The molecule has 2 fully saturated rings. The summed E-state index contributed by atoms with van der Waals surface area (Å²) in [6.45, 7) is 10.4. The smallest absolute Gasteiger partial charge is 0.249 e. The van der Waals surface area contributed by atoms with Crippen LogP contribution in [0.2, 0.25) is 0 Å². The molecule has 2 unspecified atom stereocenters. The molecule has 0 aromatic rings. The van der Waals surface area contributed by atoms with Gasteiger partial charge in [-0.1, -0.05) is 34.1 Å². The molecule has 4 heteroatoms. The Kier molecular flexibility index (Phi) is 4.36. The van der Waals surface area contributed by atoms with E-state index in [-0.39, 0.29) is 29.3 Å². The summed E-state index contributed by atoms with van der Waals surface area (Å²) < 4.78 is 0. The van der Waals surface area contributed by atoms with Gasteiger partial charge in [0.25, 0.3) is 0 Å². The maximum atomic E-state index is 13.1. The SMILES string of the molecule is CCC1(CC)NC(=O)C(C)N(C2CCCC(C)(C)C2)C1=O. The van der Waals surface area contributed by atoms with Crippen molar-refractivity contribution in [3.05, 3.63) is 0 Å². The molecule has 2 aliphatic rings. The standard InChI is InChI=1S/C17H30N2O2/c1-6-17(7-2)15(21)19(12(3)14(20)18-17)13-9-8-10-16(4,5)11-13/h12-13H,6-11H2,1-5H3,(H,18,20). The van der Waals surface area contributed by atoms with Crippen LogP contribution in [0.1, 0.15) is 73.1 Å². The molecule has 1 N–H and O–H groups in total. The number of carbonyl (C=O) groups excluding carboxylic acids is 2. The van der Waals surface area contributed by atoms with Crippen LogP contribution in [0.5, 0.6) is 0 Å². The molecule has 0 bridgehead atoms. The van der Waals surface area contributed by atoms with E-state index >= 15 is 0 Å². The lowest BCUT2D eigenvalue weighted by Crippen LogP contribution is -2.71. The van der Waals surface area contributed by atoms with Crippen molar-refractivity contribution in [1.29, 1.82) is 0 Å². The van der Waals surface area contributed by atoms with Gasteiger partial charge in [0.2, 0.25) is 11.8 Å². The van der Waals surface area contributed by atoms with Crippen LogP contribution >= 0.6 is 0 Å². The third kappa shape index (κ3) is 2.82. The third-order valence-corrected chi connectivity index (χ3v) is 5.58. The predicted molar refractivity (Wildman–Crippen MR) is 83.8 cm³/mol. The average Bonchev–Trinajstić information content (AvgIpc) is 2.42. The number of piperazine rings is 1. The quantitative estimate of drug-likeness (QED) is 0.870. The first-order valence-corrected chi connectivity index (χ1v) is 8.41. The molecule has 0 spiro atoms. The van der Waals surface area contributed by atoms with E-state index in [1.54, 1.807) is 0 Å². The van der Waals surface area contributed by atoms with Crippen molar-refractivity contribution in [3.8, 4) is 0 Å². The highest BCUT2D eigenvalue weighted by molar-refractivity contribution is 5.99. The predicted octanol–water partition coefficient (Wildman–Crippen LogP) is 2.86. The molecule has 4 nitrogen and oxygen atoms in total. The van der Waals surface area contributed by atoms with Crippen molar-refractivity contribution >= 4 is 11.8 Å². The summed E-state index contributed by atoms with van der Waals surface area (Å²) in [6, 6.07) is -0.137. The zero-order chi connectivity index (χ0) is 15.8. The van der Waals surface area contributed by atoms with Crippen LogP contribution in [-0.4, -0.2) is 34.3 Å². The molecular formula is C17H30N2O2. The van der Waals surface area contributed by atoms with E-state index in [0.29, 0.717) is 12.8 Å². The van der Waals surface area contributed by atoms with Crippen molar-refractivity contribution < 1.29 is 9.59 Å². The van der Waals surface area contributed by atoms with E-state index in [4.69, 9.17) is 0 Å². The molecule has 1 aliphatic carbocycles. The Balaban J connectivity index is 2.31. The second-order valence-corrected chi connectivity index (χ2v) is 7.58. The minimum Gasteiger partial charge on any atom is -0.340 e. The Morgan fingerprint density at radius 2 is 1.86 bits per heavy atom. The fourth-order valence-electron chi connectivity index (χ4n) is 4.05. The van der Waals surface area contributed by atoms with Crippen molar-refractivity contribution in [2.24, 2.45) is 5.41 Å². The topological polar surface area (TPSA) is 49.4 Å². The summed E-state index contributed by atoms with van der Waals surface area (Å²) in [7, 11) is 0. The molecule has 21 heavy (non-hydrogen) atoms. The molecule has 2 atom stereocenters. The maximum absolute atomic E-state index is 13.1. The number of nitrogens with one attached hydrogen (secondary N) is 1. The Morgan fingerprint density at radius 3 is 2.38 bits per heavy atom. The molecule has 0 aromatic carbocycles. The molecule has 1 saturated carbocycles. The first-order valence-electron chi connectivity index (χ1n) is 8.41. The molecular weight excluding hydrogens is 264 g/mol. The van der Waals surface area contributed by atoms with Gasteiger partial charge in [-0.05, 0) is 44.4 Å². The summed E-state index contributed by atoms with van der Waals surface area (Å²) in [5.41, 5.74) is -0.427.